The van der Waals surface area contributed by atoms with Crippen molar-refractivity contribution >= 4 is 12.0 Å². The van der Waals surface area contributed by atoms with Gasteiger partial charge in [0.2, 0.25) is 0 Å². The lowest BCUT2D eigenvalue weighted by Crippen LogP contribution is -2.48. The highest BCUT2D eigenvalue weighted by Gasteiger charge is 2.23. The van der Waals surface area contributed by atoms with Gasteiger partial charge in [0.05, 0.1) is 6.20 Å². The fourth-order valence-corrected chi connectivity index (χ4v) is 1.45. The molecule has 0 saturated heterocycles. The van der Waals surface area contributed by atoms with Crippen LogP contribution in [0.15, 0.2) is 12.4 Å². The second kappa shape index (κ2) is 6.04. The number of carboxylic acid groups (broad SMARTS) is 1. The molecule has 0 aliphatic heterocycles. The van der Waals surface area contributed by atoms with Crippen LogP contribution in [-0.2, 0) is 18.4 Å². The predicted octanol–water partition coefficient (Wildman–Crippen LogP) is 0.328. The number of hydrogen-bond donors (Lipinski definition) is 3. The summed E-state index contributed by atoms with van der Waals surface area (Å²) in [5.41, 5.74) is 0.851. The maximum Gasteiger partial charge on any atom is 0.326 e. The molecule has 1 heterocycles. The van der Waals surface area contributed by atoms with E-state index in [0.717, 1.165) is 5.56 Å². The summed E-state index contributed by atoms with van der Waals surface area (Å²) in [4.78, 5) is 22.4. The third kappa shape index (κ3) is 4.08. The van der Waals surface area contributed by atoms with E-state index in [1.54, 1.807) is 38.0 Å². The van der Waals surface area contributed by atoms with E-state index in [0.29, 0.717) is 6.54 Å². The van der Waals surface area contributed by atoms with Crippen molar-refractivity contribution in [2.24, 2.45) is 13.0 Å². The van der Waals surface area contributed by atoms with Crippen LogP contribution in [0.1, 0.15) is 19.4 Å². The molecule has 0 bridgehead atoms. The number of nitrogens with zero attached hydrogens (tertiary/aromatic N) is 2. The van der Waals surface area contributed by atoms with E-state index in [4.69, 9.17) is 5.11 Å². The molecule has 0 saturated carbocycles. The van der Waals surface area contributed by atoms with E-state index in [2.05, 4.69) is 15.7 Å². The highest BCUT2D eigenvalue weighted by atomic mass is 16.4. The molecule has 1 aromatic rings. The van der Waals surface area contributed by atoms with Gasteiger partial charge in [0, 0.05) is 25.4 Å². The van der Waals surface area contributed by atoms with Crippen LogP contribution in [0.3, 0.4) is 0 Å². The van der Waals surface area contributed by atoms with Crippen molar-refractivity contribution in [2.45, 2.75) is 26.4 Å². The van der Waals surface area contributed by atoms with Crippen molar-refractivity contribution in [3.63, 3.8) is 0 Å². The second-order valence-corrected chi connectivity index (χ2v) is 4.41. The molecule has 1 atom stereocenters. The number of carbonyl (C=O) groups is 2. The lowest BCUT2D eigenvalue weighted by Gasteiger charge is -2.18. The van der Waals surface area contributed by atoms with Gasteiger partial charge in [-0.3, -0.25) is 4.68 Å². The number of carbonyl (C=O) groups excluding carboxylic acids is 1. The fourth-order valence-electron chi connectivity index (χ4n) is 1.45. The van der Waals surface area contributed by atoms with Crippen molar-refractivity contribution in [3.8, 4) is 0 Å². The number of aryl methyl sites for hydroxylation is 1. The maximum absolute atomic E-state index is 11.5. The van der Waals surface area contributed by atoms with Gasteiger partial charge >= 0.3 is 12.0 Å². The van der Waals surface area contributed by atoms with Gasteiger partial charge < -0.3 is 15.7 Å². The lowest BCUT2D eigenvalue weighted by atomic mass is 10.1. The largest absolute Gasteiger partial charge is 0.480 e. The molecule has 100 valence electrons. The first-order valence-electron chi connectivity index (χ1n) is 5.65. The molecule has 0 aromatic carbocycles. The zero-order chi connectivity index (χ0) is 13.7. The standard InChI is InChI=1S/C11H18N4O3/c1-7(2)9(10(16)17)14-11(18)12-4-8-5-13-15(3)6-8/h5-7,9H,4H2,1-3H3,(H,16,17)(H2,12,14,18)/t9-/m0/s1. The summed E-state index contributed by atoms with van der Waals surface area (Å²) < 4.78 is 1.63. The van der Waals surface area contributed by atoms with Crippen LogP contribution in [0, 0.1) is 5.92 Å². The topological polar surface area (TPSA) is 96.3 Å². The third-order valence-electron chi connectivity index (χ3n) is 2.43. The quantitative estimate of drug-likeness (QED) is 0.705. The molecule has 2 amide bonds. The van der Waals surface area contributed by atoms with Crippen molar-refractivity contribution in [1.29, 1.82) is 0 Å². The van der Waals surface area contributed by atoms with E-state index >= 15 is 0 Å². The Balaban J connectivity index is 2.43. The molecule has 0 fully saturated rings. The normalized spacial score (nSPS) is 12.2. The highest BCUT2D eigenvalue weighted by Crippen LogP contribution is 2.01. The molecule has 3 N–H and O–H groups in total. The van der Waals surface area contributed by atoms with Gasteiger partial charge in [-0.05, 0) is 5.92 Å². The number of rotatable bonds is 5. The molecule has 0 unspecified atom stereocenters. The van der Waals surface area contributed by atoms with E-state index < -0.39 is 18.0 Å². The summed E-state index contributed by atoms with van der Waals surface area (Å²) in [5, 5.41) is 17.9. The summed E-state index contributed by atoms with van der Waals surface area (Å²) in [6.07, 6.45) is 3.41. The Kier molecular flexibility index (Phi) is 4.70. The maximum atomic E-state index is 11.5. The van der Waals surface area contributed by atoms with Gasteiger partial charge in [-0.2, -0.15) is 5.10 Å². The van der Waals surface area contributed by atoms with Gasteiger partial charge in [-0.25, -0.2) is 9.59 Å². The number of aromatic nitrogens is 2. The SMILES string of the molecule is CC(C)[C@H](NC(=O)NCc1cnn(C)c1)C(=O)O. The second-order valence-electron chi connectivity index (χ2n) is 4.41. The first-order chi connectivity index (χ1) is 8.40. The molecule has 1 rings (SSSR count). The van der Waals surface area contributed by atoms with Crippen molar-refractivity contribution in [1.82, 2.24) is 20.4 Å². The molecule has 7 heteroatoms. The Morgan fingerprint density at radius 2 is 2.17 bits per heavy atom. The molecular formula is C11H18N4O3. The number of aliphatic carboxylic acids is 1. The Bertz CT molecular complexity index is 428. The predicted molar refractivity (Wildman–Crippen MR) is 64.8 cm³/mol. The molecule has 0 radical (unpaired) electrons. The minimum atomic E-state index is -1.04. The van der Waals surface area contributed by atoms with E-state index in [1.165, 1.54) is 0 Å². The Labute approximate surface area is 105 Å². The van der Waals surface area contributed by atoms with E-state index in [9.17, 15) is 9.59 Å². The summed E-state index contributed by atoms with van der Waals surface area (Å²) in [6, 6.07) is -1.39. The van der Waals surface area contributed by atoms with E-state index in [-0.39, 0.29) is 5.92 Å². The molecule has 0 aliphatic carbocycles. The Morgan fingerprint density at radius 3 is 2.61 bits per heavy atom. The van der Waals surface area contributed by atoms with Gasteiger partial charge in [0.1, 0.15) is 6.04 Å². The minimum Gasteiger partial charge on any atom is -0.480 e. The summed E-state index contributed by atoms with van der Waals surface area (Å²) in [6.45, 7) is 3.78. The van der Waals surface area contributed by atoms with Crippen LogP contribution in [0.5, 0.6) is 0 Å². The van der Waals surface area contributed by atoms with Crippen LogP contribution < -0.4 is 10.6 Å². The van der Waals surface area contributed by atoms with Crippen LogP contribution in [0.25, 0.3) is 0 Å². The van der Waals surface area contributed by atoms with Crippen LogP contribution in [0.4, 0.5) is 4.79 Å². The molecule has 0 aliphatic rings. The lowest BCUT2D eigenvalue weighted by molar-refractivity contribution is -0.140. The summed E-state index contributed by atoms with van der Waals surface area (Å²) in [5.74, 6) is -1.21. The molecule has 7 nitrogen and oxygen atoms in total. The number of hydrogen-bond acceptors (Lipinski definition) is 3. The molecular weight excluding hydrogens is 236 g/mol. The number of carboxylic acids is 1. The Hall–Kier alpha value is -2.05. The third-order valence-corrected chi connectivity index (χ3v) is 2.43. The first-order valence-corrected chi connectivity index (χ1v) is 5.65. The smallest absolute Gasteiger partial charge is 0.326 e. The van der Waals surface area contributed by atoms with Gasteiger partial charge in [0.15, 0.2) is 0 Å². The van der Waals surface area contributed by atoms with Crippen LogP contribution in [0.2, 0.25) is 0 Å². The van der Waals surface area contributed by atoms with Crippen LogP contribution in [-0.4, -0.2) is 32.9 Å². The summed E-state index contributed by atoms with van der Waals surface area (Å²) >= 11 is 0. The first kappa shape index (κ1) is 14.0. The van der Waals surface area contributed by atoms with Crippen LogP contribution >= 0.6 is 0 Å². The average molecular weight is 254 g/mol. The molecule has 18 heavy (non-hydrogen) atoms. The number of nitrogens with one attached hydrogen (secondary N) is 2. The monoisotopic (exact) mass is 254 g/mol. The van der Waals surface area contributed by atoms with E-state index in [1.807, 2.05) is 0 Å². The summed E-state index contributed by atoms with van der Waals surface area (Å²) in [7, 11) is 1.78. The molecule has 1 aromatic heterocycles. The average Bonchev–Trinajstić information content (AvgIpc) is 2.68. The van der Waals surface area contributed by atoms with Gasteiger partial charge in [0.25, 0.3) is 0 Å². The van der Waals surface area contributed by atoms with Gasteiger partial charge in [-0.1, -0.05) is 13.8 Å². The fraction of sp³-hybridized carbons (Fsp3) is 0.545. The zero-order valence-corrected chi connectivity index (χ0v) is 10.7. The van der Waals surface area contributed by atoms with Crippen molar-refractivity contribution in [3.05, 3.63) is 18.0 Å². The zero-order valence-electron chi connectivity index (χ0n) is 10.7. The number of urea groups is 1. The molecule has 0 spiro atoms. The highest BCUT2D eigenvalue weighted by molar-refractivity contribution is 5.82. The van der Waals surface area contributed by atoms with Gasteiger partial charge in [-0.15, -0.1) is 0 Å². The van der Waals surface area contributed by atoms with Crippen molar-refractivity contribution < 1.29 is 14.7 Å². The Morgan fingerprint density at radius 1 is 1.50 bits per heavy atom. The minimum absolute atomic E-state index is 0.174. The number of amides is 2. The van der Waals surface area contributed by atoms with Crippen molar-refractivity contribution in [2.75, 3.05) is 0 Å².